The lowest BCUT2D eigenvalue weighted by molar-refractivity contribution is -0.132. The number of rotatable bonds is 7. The van der Waals surface area contributed by atoms with Crippen LogP contribution in [0.3, 0.4) is 0 Å². The molecule has 0 radical (unpaired) electrons. The number of aryl methyl sites for hydroxylation is 1. The number of hydrogen-bond donors (Lipinski definition) is 1. The van der Waals surface area contributed by atoms with E-state index in [2.05, 4.69) is 10.5 Å². The first-order valence-electron chi connectivity index (χ1n) is 8.58. The van der Waals surface area contributed by atoms with E-state index in [1.165, 1.54) is 11.2 Å². The zero-order valence-electron chi connectivity index (χ0n) is 15.2. The number of aromatic nitrogens is 1. The second kappa shape index (κ2) is 8.35. The lowest BCUT2D eigenvalue weighted by atomic mass is 10.0. The summed E-state index contributed by atoms with van der Waals surface area (Å²) in [6.07, 6.45) is 1.79. The minimum Gasteiger partial charge on any atom is -0.459 e. The van der Waals surface area contributed by atoms with Crippen molar-refractivity contribution < 1.29 is 18.5 Å². The van der Waals surface area contributed by atoms with Gasteiger partial charge in [-0.05, 0) is 24.6 Å². The molecule has 3 rings (SSSR count). The first kappa shape index (κ1) is 18.4. The third-order valence-electron chi connectivity index (χ3n) is 4.08. The van der Waals surface area contributed by atoms with Crippen LogP contribution in [0.5, 0.6) is 0 Å². The number of hydrogen-bond acceptors (Lipinski definition) is 5. The Labute approximate surface area is 156 Å². The van der Waals surface area contributed by atoms with Crippen LogP contribution in [0.4, 0.5) is 0 Å². The van der Waals surface area contributed by atoms with E-state index in [4.69, 9.17) is 8.94 Å². The third kappa shape index (κ3) is 4.84. The summed E-state index contributed by atoms with van der Waals surface area (Å²) >= 11 is 0. The van der Waals surface area contributed by atoms with Gasteiger partial charge in [-0.1, -0.05) is 35.5 Å². The average molecular weight is 367 g/mol. The molecule has 0 saturated carbocycles. The van der Waals surface area contributed by atoms with Crippen molar-refractivity contribution in [3.05, 3.63) is 77.6 Å². The van der Waals surface area contributed by atoms with E-state index >= 15 is 0 Å². The molecule has 2 amide bonds. The number of furan rings is 1. The molecule has 27 heavy (non-hydrogen) atoms. The van der Waals surface area contributed by atoms with Crippen LogP contribution in [0.1, 0.15) is 27.6 Å². The molecule has 7 nitrogen and oxygen atoms in total. The second-order valence-electron chi connectivity index (χ2n) is 6.32. The maximum absolute atomic E-state index is 13.0. The molecule has 2 heterocycles. The molecule has 1 N–H and O–H groups in total. The third-order valence-corrected chi connectivity index (χ3v) is 4.08. The molecule has 0 bridgehead atoms. The summed E-state index contributed by atoms with van der Waals surface area (Å²) in [5.74, 6) is 0.188. The van der Waals surface area contributed by atoms with Crippen LogP contribution in [-0.2, 0) is 17.8 Å². The molecule has 1 unspecified atom stereocenters. The summed E-state index contributed by atoms with van der Waals surface area (Å²) in [5.41, 5.74) is 1.60. The first-order valence-corrected chi connectivity index (χ1v) is 8.58. The molecule has 0 spiro atoms. The van der Waals surface area contributed by atoms with E-state index in [1.807, 2.05) is 30.3 Å². The van der Waals surface area contributed by atoms with Crippen LogP contribution in [0, 0.1) is 6.92 Å². The molecule has 7 heteroatoms. The van der Waals surface area contributed by atoms with Crippen LogP contribution in [0.2, 0.25) is 0 Å². The zero-order chi connectivity index (χ0) is 19.2. The predicted molar refractivity (Wildman–Crippen MR) is 97.8 cm³/mol. The smallest absolute Gasteiger partial charge is 0.287 e. The van der Waals surface area contributed by atoms with Gasteiger partial charge in [0.1, 0.15) is 17.5 Å². The Morgan fingerprint density at radius 2 is 1.96 bits per heavy atom. The highest BCUT2D eigenvalue weighted by molar-refractivity contribution is 5.95. The minimum atomic E-state index is -0.733. The molecule has 2 aromatic heterocycles. The normalized spacial score (nSPS) is 11.8. The molecule has 0 saturated heterocycles. The summed E-state index contributed by atoms with van der Waals surface area (Å²) in [6.45, 7) is 2.08. The standard InChI is InChI=1S/C20H21N3O4/c1-14-11-16(22-27-14)13-23(2)20(25)17(12-15-7-4-3-5-8-15)21-19(24)18-9-6-10-26-18/h3-11,17H,12-13H2,1-2H3,(H,21,24). The van der Waals surface area contributed by atoms with Crippen molar-refractivity contribution in [2.75, 3.05) is 7.05 Å². The number of carbonyl (C=O) groups excluding carboxylic acids is 2. The van der Waals surface area contributed by atoms with Gasteiger partial charge in [-0.15, -0.1) is 0 Å². The van der Waals surface area contributed by atoms with Crippen molar-refractivity contribution in [1.29, 1.82) is 0 Å². The number of nitrogens with one attached hydrogen (secondary N) is 1. The van der Waals surface area contributed by atoms with Crippen molar-refractivity contribution >= 4 is 11.8 Å². The molecular weight excluding hydrogens is 346 g/mol. The topological polar surface area (TPSA) is 88.6 Å². The van der Waals surface area contributed by atoms with E-state index in [0.29, 0.717) is 17.9 Å². The maximum atomic E-state index is 13.0. The van der Waals surface area contributed by atoms with Gasteiger partial charge in [-0.3, -0.25) is 9.59 Å². The summed E-state index contributed by atoms with van der Waals surface area (Å²) in [6, 6.07) is 13.8. The highest BCUT2D eigenvalue weighted by Gasteiger charge is 2.26. The van der Waals surface area contributed by atoms with Crippen molar-refractivity contribution in [1.82, 2.24) is 15.4 Å². The van der Waals surface area contributed by atoms with Gasteiger partial charge in [0.05, 0.1) is 12.8 Å². The van der Waals surface area contributed by atoms with E-state index in [0.717, 1.165) is 5.56 Å². The van der Waals surface area contributed by atoms with Crippen molar-refractivity contribution in [3.63, 3.8) is 0 Å². The van der Waals surface area contributed by atoms with Crippen molar-refractivity contribution in [2.45, 2.75) is 25.9 Å². The van der Waals surface area contributed by atoms with Crippen LogP contribution in [0.15, 0.2) is 63.7 Å². The molecule has 0 aliphatic heterocycles. The molecule has 3 aromatic rings. The molecule has 0 fully saturated rings. The first-order chi connectivity index (χ1) is 13.0. The Kier molecular flexibility index (Phi) is 5.71. The molecule has 1 aromatic carbocycles. The Morgan fingerprint density at radius 1 is 1.19 bits per heavy atom. The van der Waals surface area contributed by atoms with Gasteiger partial charge in [0.15, 0.2) is 5.76 Å². The Bertz CT molecular complexity index is 887. The Balaban J connectivity index is 1.74. The van der Waals surface area contributed by atoms with Crippen molar-refractivity contribution in [3.8, 4) is 0 Å². The van der Waals surface area contributed by atoms with Crippen LogP contribution >= 0.6 is 0 Å². The average Bonchev–Trinajstić information content (AvgIpc) is 3.33. The molecular formula is C20H21N3O4. The second-order valence-corrected chi connectivity index (χ2v) is 6.32. The quantitative estimate of drug-likeness (QED) is 0.693. The number of likely N-dealkylation sites (N-methyl/N-ethyl adjacent to an activating group) is 1. The number of benzene rings is 1. The summed E-state index contributed by atoms with van der Waals surface area (Å²) in [7, 11) is 1.67. The Morgan fingerprint density at radius 3 is 2.59 bits per heavy atom. The molecule has 140 valence electrons. The summed E-state index contributed by atoms with van der Waals surface area (Å²) in [5, 5.41) is 6.68. The minimum absolute atomic E-state index is 0.163. The van der Waals surface area contributed by atoms with Gasteiger partial charge >= 0.3 is 0 Å². The number of amides is 2. The molecule has 0 aliphatic rings. The molecule has 0 aliphatic carbocycles. The largest absolute Gasteiger partial charge is 0.459 e. The maximum Gasteiger partial charge on any atom is 0.287 e. The fraction of sp³-hybridized carbons (Fsp3) is 0.250. The fourth-order valence-corrected chi connectivity index (χ4v) is 2.77. The monoisotopic (exact) mass is 367 g/mol. The predicted octanol–water partition coefficient (Wildman–Crippen LogP) is 2.58. The van der Waals surface area contributed by atoms with Gasteiger partial charge in [-0.25, -0.2) is 0 Å². The van der Waals surface area contributed by atoms with Gasteiger partial charge in [0.2, 0.25) is 5.91 Å². The summed E-state index contributed by atoms with van der Waals surface area (Å²) in [4.78, 5) is 26.9. The fourth-order valence-electron chi connectivity index (χ4n) is 2.77. The highest BCUT2D eigenvalue weighted by atomic mass is 16.5. The highest BCUT2D eigenvalue weighted by Crippen LogP contribution is 2.10. The van der Waals surface area contributed by atoms with Gasteiger partial charge in [0.25, 0.3) is 5.91 Å². The lowest BCUT2D eigenvalue weighted by Gasteiger charge is -2.24. The van der Waals surface area contributed by atoms with Crippen LogP contribution in [0.25, 0.3) is 0 Å². The zero-order valence-corrected chi connectivity index (χ0v) is 15.2. The SMILES string of the molecule is Cc1cc(CN(C)C(=O)C(Cc2ccccc2)NC(=O)c2ccco2)no1. The van der Waals surface area contributed by atoms with E-state index in [-0.39, 0.29) is 18.2 Å². The van der Waals surface area contributed by atoms with E-state index in [1.54, 1.807) is 32.2 Å². The van der Waals surface area contributed by atoms with Gasteiger partial charge < -0.3 is 19.2 Å². The van der Waals surface area contributed by atoms with Crippen LogP contribution in [-0.4, -0.2) is 35.0 Å². The van der Waals surface area contributed by atoms with Gasteiger partial charge in [-0.2, -0.15) is 0 Å². The summed E-state index contributed by atoms with van der Waals surface area (Å²) < 4.78 is 10.2. The van der Waals surface area contributed by atoms with Crippen molar-refractivity contribution in [2.24, 2.45) is 0 Å². The lowest BCUT2D eigenvalue weighted by Crippen LogP contribution is -2.48. The number of carbonyl (C=O) groups is 2. The molecule has 1 atom stereocenters. The van der Waals surface area contributed by atoms with E-state index < -0.39 is 11.9 Å². The number of nitrogens with zero attached hydrogens (tertiary/aromatic N) is 2. The van der Waals surface area contributed by atoms with E-state index in [9.17, 15) is 9.59 Å². The van der Waals surface area contributed by atoms with Gasteiger partial charge in [0, 0.05) is 19.5 Å². The van der Waals surface area contributed by atoms with Crippen LogP contribution < -0.4 is 5.32 Å². The Hall–Kier alpha value is -3.35.